The second-order valence-electron chi connectivity index (χ2n) is 4.72. The highest BCUT2D eigenvalue weighted by molar-refractivity contribution is 5.13. The molecule has 15 heavy (non-hydrogen) atoms. The monoisotopic (exact) mass is 204 g/mol. The minimum absolute atomic E-state index is 0.522. The Morgan fingerprint density at radius 1 is 1.40 bits per heavy atom. The molecular weight excluding hydrogens is 184 g/mol. The van der Waals surface area contributed by atoms with Gasteiger partial charge in [-0.05, 0) is 30.9 Å². The lowest BCUT2D eigenvalue weighted by Gasteiger charge is -2.26. The van der Waals surface area contributed by atoms with Crippen LogP contribution in [0.15, 0.2) is 18.2 Å². The molecule has 0 bridgehead atoms. The lowest BCUT2D eigenvalue weighted by molar-refractivity contribution is 0.337. The first kappa shape index (κ1) is 10.6. The van der Waals surface area contributed by atoms with Crippen LogP contribution in [0.4, 0.5) is 0 Å². The van der Waals surface area contributed by atoms with Gasteiger partial charge in [0.1, 0.15) is 0 Å². The highest BCUT2D eigenvalue weighted by Crippen LogP contribution is 2.18. The van der Waals surface area contributed by atoms with Crippen molar-refractivity contribution in [2.75, 3.05) is 0 Å². The highest BCUT2D eigenvalue weighted by Gasteiger charge is 2.16. The van der Waals surface area contributed by atoms with E-state index in [0.717, 1.165) is 12.6 Å². The minimum atomic E-state index is 0.522. The molecule has 1 heterocycles. The Labute approximate surface area is 92.1 Å². The van der Waals surface area contributed by atoms with Crippen molar-refractivity contribution in [1.82, 2.24) is 10.3 Å². The molecule has 2 rings (SSSR count). The molecule has 0 aliphatic heterocycles. The van der Waals surface area contributed by atoms with Gasteiger partial charge in [-0.2, -0.15) is 0 Å². The van der Waals surface area contributed by atoms with E-state index in [9.17, 15) is 0 Å². The Morgan fingerprint density at radius 3 is 2.80 bits per heavy atom. The van der Waals surface area contributed by atoms with Crippen LogP contribution in [0.1, 0.15) is 50.4 Å². The molecule has 1 saturated carbocycles. The summed E-state index contributed by atoms with van der Waals surface area (Å²) in [6.45, 7) is 5.29. The van der Waals surface area contributed by atoms with Crippen LogP contribution in [-0.4, -0.2) is 11.0 Å². The Balaban J connectivity index is 1.92. The maximum absolute atomic E-state index is 4.64. The van der Waals surface area contributed by atoms with Crippen molar-refractivity contribution in [2.45, 2.75) is 51.6 Å². The van der Waals surface area contributed by atoms with Crippen molar-refractivity contribution in [1.29, 1.82) is 0 Å². The van der Waals surface area contributed by atoms with Crippen molar-refractivity contribution in [3.05, 3.63) is 29.6 Å². The quantitative estimate of drug-likeness (QED) is 0.815. The highest BCUT2D eigenvalue weighted by atomic mass is 14.9. The second-order valence-corrected chi connectivity index (χ2v) is 4.72. The smallest absolute Gasteiger partial charge is 0.0545 e. The Morgan fingerprint density at radius 2 is 2.20 bits per heavy atom. The third kappa shape index (κ3) is 2.78. The fraction of sp³-hybridized carbons (Fsp3) is 0.615. The van der Waals surface area contributed by atoms with Gasteiger partial charge >= 0.3 is 0 Å². The summed E-state index contributed by atoms with van der Waals surface area (Å²) in [5.74, 6) is 0.522. The first-order chi connectivity index (χ1) is 7.25. The maximum atomic E-state index is 4.64. The third-order valence-corrected chi connectivity index (χ3v) is 3.10. The standard InChI is InChI=1S/C13H20N2/c1-10(2)13-8-4-7-12(15-13)9-14-11-5-3-6-11/h4,7-8,10-11,14H,3,5-6,9H2,1-2H3. The zero-order valence-corrected chi connectivity index (χ0v) is 9.66. The van der Waals surface area contributed by atoms with E-state index >= 15 is 0 Å². The topological polar surface area (TPSA) is 24.9 Å². The van der Waals surface area contributed by atoms with E-state index in [0.29, 0.717) is 5.92 Å². The fourth-order valence-electron chi connectivity index (χ4n) is 1.78. The van der Waals surface area contributed by atoms with Gasteiger partial charge in [0.05, 0.1) is 5.69 Å². The molecule has 1 N–H and O–H groups in total. The van der Waals surface area contributed by atoms with Crippen molar-refractivity contribution in [3.63, 3.8) is 0 Å². The average Bonchev–Trinajstić information content (AvgIpc) is 2.16. The number of aromatic nitrogens is 1. The molecule has 0 radical (unpaired) electrons. The van der Waals surface area contributed by atoms with Crippen LogP contribution in [0.2, 0.25) is 0 Å². The van der Waals surface area contributed by atoms with Gasteiger partial charge in [0.25, 0.3) is 0 Å². The van der Waals surface area contributed by atoms with E-state index in [2.05, 4.69) is 42.3 Å². The molecule has 1 aromatic heterocycles. The molecule has 1 aliphatic carbocycles. The molecule has 2 heteroatoms. The van der Waals surface area contributed by atoms with Gasteiger partial charge in [0.2, 0.25) is 0 Å². The number of hydrogen-bond acceptors (Lipinski definition) is 2. The Hall–Kier alpha value is -0.890. The van der Waals surface area contributed by atoms with Crippen LogP contribution >= 0.6 is 0 Å². The van der Waals surface area contributed by atoms with Gasteiger partial charge in [-0.25, -0.2) is 0 Å². The van der Waals surface area contributed by atoms with Crippen LogP contribution in [0.25, 0.3) is 0 Å². The lowest BCUT2D eigenvalue weighted by Crippen LogP contribution is -2.34. The van der Waals surface area contributed by atoms with Gasteiger partial charge in [0, 0.05) is 18.3 Å². The van der Waals surface area contributed by atoms with E-state index in [-0.39, 0.29) is 0 Å². The summed E-state index contributed by atoms with van der Waals surface area (Å²) in [5.41, 5.74) is 2.37. The van der Waals surface area contributed by atoms with Crippen LogP contribution in [0.3, 0.4) is 0 Å². The molecule has 0 saturated heterocycles. The zero-order valence-electron chi connectivity index (χ0n) is 9.66. The Kier molecular flexibility index (Phi) is 3.37. The van der Waals surface area contributed by atoms with E-state index < -0.39 is 0 Å². The predicted molar refractivity (Wildman–Crippen MR) is 62.8 cm³/mol. The second kappa shape index (κ2) is 4.75. The summed E-state index contributed by atoms with van der Waals surface area (Å²) >= 11 is 0. The van der Waals surface area contributed by atoms with Crippen LogP contribution in [-0.2, 0) is 6.54 Å². The van der Waals surface area contributed by atoms with E-state index in [1.807, 2.05) is 0 Å². The maximum Gasteiger partial charge on any atom is 0.0545 e. The van der Waals surface area contributed by atoms with Crippen LogP contribution in [0.5, 0.6) is 0 Å². The average molecular weight is 204 g/mol. The van der Waals surface area contributed by atoms with Crippen molar-refractivity contribution < 1.29 is 0 Å². The van der Waals surface area contributed by atoms with Crippen molar-refractivity contribution in [2.24, 2.45) is 0 Å². The molecule has 1 fully saturated rings. The number of rotatable bonds is 4. The van der Waals surface area contributed by atoms with Crippen molar-refractivity contribution >= 4 is 0 Å². The van der Waals surface area contributed by atoms with Crippen LogP contribution < -0.4 is 5.32 Å². The molecule has 0 atom stereocenters. The molecule has 0 amide bonds. The van der Waals surface area contributed by atoms with Gasteiger partial charge in [0.15, 0.2) is 0 Å². The molecule has 0 aromatic carbocycles. The summed E-state index contributed by atoms with van der Waals surface area (Å²) in [7, 11) is 0. The summed E-state index contributed by atoms with van der Waals surface area (Å²) in [6, 6.07) is 7.07. The zero-order chi connectivity index (χ0) is 10.7. The van der Waals surface area contributed by atoms with Crippen LogP contribution in [0, 0.1) is 0 Å². The van der Waals surface area contributed by atoms with E-state index in [4.69, 9.17) is 0 Å². The summed E-state index contributed by atoms with van der Waals surface area (Å²) < 4.78 is 0. The number of nitrogens with zero attached hydrogens (tertiary/aromatic N) is 1. The molecule has 2 nitrogen and oxygen atoms in total. The van der Waals surface area contributed by atoms with Gasteiger partial charge in [-0.1, -0.05) is 26.3 Å². The molecule has 0 unspecified atom stereocenters. The van der Waals surface area contributed by atoms with E-state index in [1.165, 1.54) is 30.7 Å². The van der Waals surface area contributed by atoms with E-state index in [1.54, 1.807) is 0 Å². The minimum Gasteiger partial charge on any atom is -0.308 e. The first-order valence-electron chi connectivity index (χ1n) is 5.95. The molecule has 0 spiro atoms. The normalized spacial score (nSPS) is 16.7. The molecule has 1 aromatic rings. The molecule has 1 aliphatic rings. The Bertz CT molecular complexity index is 316. The summed E-state index contributed by atoms with van der Waals surface area (Å²) in [5, 5.41) is 3.54. The fourth-order valence-corrected chi connectivity index (χ4v) is 1.78. The summed E-state index contributed by atoms with van der Waals surface area (Å²) in [4.78, 5) is 4.64. The number of pyridine rings is 1. The molecule has 82 valence electrons. The lowest BCUT2D eigenvalue weighted by atomic mass is 9.93. The van der Waals surface area contributed by atoms with Crippen molar-refractivity contribution in [3.8, 4) is 0 Å². The molecular formula is C13H20N2. The predicted octanol–water partition coefficient (Wildman–Crippen LogP) is 2.85. The SMILES string of the molecule is CC(C)c1cccc(CNC2CCC2)n1. The van der Waals surface area contributed by atoms with Gasteiger partial charge < -0.3 is 5.32 Å². The third-order valence-electron chi connectivity index (χ3n) is 3.10. The number of nitrogens with one attached hydrogen (secondary N) is 1. The van der Waals surface area contributed by atoms with Gasteiger partial charge in [-0.15, -0.1) is 0 Å². The van der Waals surface area contributed by atoms with Gasteiger partial charge in [-0.3, -0.25) is 4.98 Å². The largest absolute Gasteiger partial charge is 0.308 e. The first-order valence-corrected chi connectivity index (χ1v) is 5.95. The summed E-state index contributed by atoms with van der Waals surface area (Å²) in [6.07, 6.45) is 4.06. The number of hydrogen-bond donors (Lipinski definition) is 1.